The van der Waals surface area contributed by atoms with Crippen LogP contribution in [0.5, 0.6) is 0 Å². The standard InChI is InChI=1S/C37H62O4/c1-6-7-8-9-10-11-12-13-33(38)40-28-17-19-35(4)27(22-28)14-15-29-30(35)18-20-36(5)31(29)23-32-34(36)26(3)37(41-32)21-16-25(2)24-39-37/h25-32,34H,6-24H2,1-5H3/t25-,26+,27+,28-,29-,30-,31-,32+,34+,35+,36+,37-/m1/s1. The van der Waals surface area contributed by atoms with Crippen molar-refractivity contribution in [3.63, 3.8) is 0 Å². The molecule has 0 unspecified atom stereocenters. The third kappa shape index (κ3) is 5.46. The van der Waals surface area contributed by atoms with Crippen molar-refractivity contribution in [2.24, 2.45) is 52.3 Å². The van der Waals surface area contributed by atoms with Crippen LogP contribution in [0.3, 0.4) is 0 Å². The van der Waals surface area contributed by atoms with E-state index < -0.39 is 0 Å². The van der Waals surface area contributed by atoms with Gasteiger partial charge >= 0.3 is 5.97 Å². The summed E-state index contributed by atoms with van der Waals surface area (Å²) in [5.41, 5.74) is 0.812. The molecule has 2 aliphatic heterocycles. The van der Waals surface area contributed by atoms with Gasteiger partial charge in [0, 0.05) is 18.8 Å². The lowest BCUT2D eigenvalue weighted by atomic mass is 9.44. The first-order chi connectivity index (χ1) is 19.7. The van der Waals surface area contributed by atoms with Gasteiger partial charge in [-0.2, -0.15) is 0 Å². The minimum Gasteiger partial charge on any atom is -0.462 e. The van der Waals surface area contributed by atoms with Crippen LogP contribution in [0.15, 0.2) is 0 Å². The van der Waals surface area contributed by atoms with Crippen LogP contribution in [0, 0.1) is 52.3 Å². The number of esters is 1. The average molecular weight is 571 g/mol. The molecule has 4 aliphatic carbocycles. The van der Waals surface area contributed by atoms with Gasteiger partial charge in [-0.25, -0.2) is 0 Å². The van der Waals surface area contributed by atoms with Gasteiger partial charge in [-0.1, -0.05) is 73.1 Å². The van der Waals surface area contributed by atoms with E-state index in [9.17, 15) is 4.79 Å². The number of rotatable bonds is 9. The molecule has 6 fully saturated rings. The Hall–Kier alpha value is -0.610. The van der Waals surface area contributed by atoms with E-state index in [1.54, 1.807) is 0 Å². The molecule has 0 radical (unpaired) electrons. The van der Waals surface area contributed by atoms with E-state index in [1.165, 1.54) is 83.5 Å². The maximum atomic E-state index is 12.7. The third-order valence-corrected chi connectivity index (χ3v) is 14.2. The molecule has 0 amide bonds. The van der Waals surface area contributed by atoms with E-state index in [1.807, 2.05) is 0 Å². The van der Waals surface area contributed by atoms with E-state index in [-0.39, 0.29) is 17.9 Å². The number of carbonyl (C=O) groups is 1. The second-order valence-corrected chi connectivity index (χ2v) is 16.4. The second kappa shape index (κ2) is 12.1. The first-order valence-corrected chi connectivity index (χ1v) is 18.2. The molecule has 1 spiro atoms. The predicted octanol–water partition coefficient (Wildman–Crippen LogP) is 9.49. The molecule has 41 heavy (non-hydrogen) atoms. The zero-order valence-corrected chi connectivity index (χ0v) is 27.3. The molecule has 6 rings (SSSR count). The quantitative estimate of drug-likeness (QED) is 0.205. The zero-order valence-electron chi connectivity index (χ0n) is 27.3. The molecule has 0 aromatic rings. The van der Waals surface area contributed by atoms with Crippen molar-refractivity contribution in [1.82, 2.24) is 0 Å². The van der Waals surface area contributed by atoms with Gasteiger partial charge in [0.2, 0.25) is 0 Å². The highest BCUT2D eigenvalue weighted by molar-refractivity contribution is 5.69. The summed E-state index contributed by atoms with van der Waals surface area (Å²) in [6.45, 7) is 13.2. The average Bonchev–Trinajstić information content (AvgIpc) is 3.40. The molecule has 12 atom stereocenters. The van der Waals surface area contributed by atoms with E-state index >= 15 is 0 Å². The molecule has 2 saturated heterocycles. The van der Waals surface area contributed by atoms with Gasteiger partial charge in [0.15, 0.2) is 5.79 Å². The first-order valence-electron chi connectivity index (χ1n) is 18.2. The molecule has 0 aromatic carbocycles. The highest BCUT2D eigenvalue weighted by atomic mass is 16.7. The maximum Gasteiger partial charge on any atom is 0.306 e. The van der Waals surface area contributed by atoms with Crippen LogP contribution in [-0.4, -0.2) is 30.6 Å². The molecular formula is C37H62O4. The van der Waals surface area contributed by atoms with Crippen molar-refractivity contribution in [3.05, 3.63) is 0 Å². The van der Waals surface area contributed by atoms with Crippen molar-refractivity contribution < 1.29 is 19.0 Å². The van der Waals surface area contributed by atoms with Crippen LogP contribution < -0.4 is 0 Å². The Balaban J connectivity index is 1.03. The molecule has 234 valence electrons. The van der Waals surface area contributed by atoms with Gasteiger partial charge in [0.25, 0.3) is 0 Å². The molecule has 6 aliphatic rings. The van der Waals surface area contributed by atoms with E-state index in [2.05, 4.69) is 34.6 Å². The lowest BCUT2D eigenvalue weighted by Crippen LogP contribution is -2.55. The highest BCUT2D eigenvalue weighted by Gasteiger charge is 2.69. The van der Waals surface area contributed by atoms with Gasteiger partial charge in [-0.05, 0) is 111 Å². The molecule has 0 aromatic heterocycles. The Morgan fingerprint density at radius 1 is 0.829 bits per heavy atom. The Labute approximate surface area is 251 Å². The summed E-state index contributed by atoms with van der Waals surface area (Å²) >= 11 is 0. The lowest BCUT2D eigenvalue weighted by molar-refractivity contribution is -0.273. The minimum atomic E-state index is -0.305. The number of fused-ring (bicyclic) bond motifs is 7. The number of ether oxygens (including phenoxy) is 3. The number of unbranched alkanes of at least 4 members (excludes halogenated alkanes) is 6. The summed E-state index contributed by atoms with van der Waals surface area (Å²) in [5.74, 6) is 4.77. The molecular weight excluding hydrogens is 508 g/mol. The topological polar surface area (TPSA) is 44.8 Å². The first kappa shape index (κ1) is 30.4. The van der Waals surface area contributed by atoms with Crippen LogP contribution in [0.2, 0.25) is 0 Å². The fourth-order valence-corrected chi connectivity index (χ4v) is 11.8. The van der Waals surface area contributed by atoms with Crippen molar-refractivity contribution in [1.29, 1.82) is 0 Å². The normalized spacial score (nSPS) is 48.8. The highest BCUT2D eigenvalue weighted by Crippen LogP contribution is 2.71. The minimum absolute atomic E-state index is 0.0649. The second-order valence-electron chi connectivity index (χ2n) is 16.4. The molecule has 0 bridgehead atoms. The van der Waals surface area contributed by atoms with Crippen LogP contribution >= 0.6 is 0 Å². The molecule has 0 N–H and O–H groups in total. The smallest absolute Gasteiger partial charge is 0.306 e. The van der Waals surface area contributed by atoms with Gasteiger partial charge in [0.05, 0.1) is 12.7 Å². The summed E-state index contributed by atoms with van der Waals surface area (Å²) in [7, 11) is 0. The summed E-state index contributed by atoms with van der Waals surface area (Å²) in [4.78, 5) is 12.7. The van der Waals surface area contributed by atoms with Crippen molar-refractivity contribution in [3.8, 4) is 0 Å². The Morgan fingerprint density at radius 2 is 1.59 bits per heavy atom. The molecule has 4 heteroatoms. The van der Waals surface area contributed by atoms with Crippen molar-refractivity contribution in [2.75, 3.05) is 6.61 Å². The van der Waals surface area contributed by atoms with Crippen LogP contribution in [0.1, 0.15) is 150 Å². The maximum absolute atomic E-state index is 12.7. The summed E-state index contributed by atoms with van der Waals surface area (Å²) in [6, 6.07) is 0. The van der Waals surface area contributed by atoms with Crippen LogP contribution in [-0.2, 0) is 19.0 Å². The van der Waals surface area contributed by atoms with Crippen molar-refractivity contribution in [2.45, 2.75) is 168 Å². The Morgan fingerprint density at radius 3 is 2.34 bits per heavy atom. The van der Waals surface area contributed by atoms with Gasteiger partial charge in [-0.15, -0.1) is 0 Å². The summed E-state index contributed by atoms with van der Waals surface area (Å²) in [5, 5.41) is 0. The lowest BCUT2D eigenvalue weighted by Gasteiger charge is -2.61. The van der Waals surface area contributed by atoms with Crippen molar-refractivity contribution >= 4 is 5.97 Å². The molecule has 4 saturated carbocycles. The van der Waals surface area contributed by atoms with Gasteiger partial charge in [-0.3, -0.25) is 4.79 Å². The molecule has 2 heterocycles. The summed E-state index contributed by atoms with van der Waals surface area (Å²) < 4.78 is 19.6. The zero-order chi connectivity index (χ0) is 28.8. The van der Waals surface area contributed by atoms with E-state index in [0.29, 0.717) is 41.1 Å². The predicted molar refractivity (Wildman–Crippen MR) is 164 cm³/mol. The fourth-order valence-electron chi connectivity index (χ4n) is 11.8. The Bertz CT molecular complexity index is 909. The van der Waals surface area contributed by atoms with Crippen LogP contribution in [0.4, 0.5) is 0 Å². The fraction of sp³-hybridized carbons (Fsp3) is 0.973. The SMILES string of the molecule is CCCCCCCCCC(=O)O[C@@H]1CC[C@@]2(C)[C@@H](CC[C@@H]3[C@H]2CC[C@]2(C)[C@@H]4[C@H](C[C@H]32)O[C@]2(CC[C@@H](C)CO2)[C@H]4C)C1. The van der Waals surface area contributed by atoms with Crippen LogP contribution in [0.25, 0.3) is 0 Å². The summed E-state index contributed by atoms with van der Waals surface area (Å²) in [6.07, 6.45) is 22.3. The van der Waals surface area contributed by atoms with Gasteiger partial charge in [0.1, 0.15) is 6.10 Å². The number of hydrogen-bond donors (Lipinski definition) is 0. The largest absolute Gasteiger partial charge is 0.462 e. The number of carbonyl (C=O) groups excluding carboxylic acids is 1. The molecule has 4 nitrogen and oxygen atoms in total. The third-order valence-electron chi connectivity index (χ3n) is 14.2. The monoisotopic (exact) mass is 570 g/mol. The Kier molecular flexibility index (Phi) is 8.94. The van der Waals surface area contributed by atoms with E-state index in [4.69, 9.17) is 14.2 Å². The van der Waals surface area contributed by atoms with Gasteiger partial charge < -0.3 is 14.2 Å². The van der Waals surface area contributed by atoms with E-state index in [0.717, 1.165) is 56.0 Å². The number of hydrogen-bond acceptors (Lipinski definition) is 4.